The van der Waals surface area contributed by atoms with Crippen molar-refractivity contribution in [3.05, 3.63) is 17.7 Å². The van der Waals surface area contributed by atoms with Crippen molar-refractivity contribution in [1.82, 2.24) is 15.5 Å². The van der Waals surface area contributed by atoms with E-state index in [0.29, 0.717) is 24.1 Å². The first-order chi connectivity index (χ1) is 13.5. The molecule has 0 saturated carbocycles. The second kappa shape index (κ2) is 13.1. The van der Waals surface area contributed by atoms with Crippen LogP contribution in [0.4, 0.5) is 0 Å². The third-order valence-corrected chi connectivity index (χ3v) is 4.85. The molecule has 0 aliphatic carbocycles. The lowest BCUT2D eigenvalue weighted by molar-refractivity contribution is 0.292. The van der Waals surface area contributed by atoms with Gasteiger partial charge >= 0.3 is 0 Å². The molecule has 0 aliphatic rings. The number of benzene rings is 1. The van der Waals surface area contributed by atoms with E-state index in [1.54, 1.807) is 28.4 Å². The van der Waals surface area contributed by atoms with E-state index in [9.17, 15) is 0 Å². The highest BCUT2D eigenvalue weighted by molar-refractivity contribution is 5.80. The van der Waals surface area contributed by atoms with E-state index >= 15 is 0 Å². The molecule has 0 heterocycles. The Bertz CT molecular complexity index is 604. The molecule has 0 radical (unpaired) electrons. The Labute approximate surface area is 170 Å². The molecule has 2 N–H and O–H groups in total. The maximum Gasteiger partial charge on any atom is 0.191 e. The van der Waals surface area contributed by atoms with E-state index in [1.807, 2.05) is 12.1 Å². The van der Waals surface area contributed by atoms with Crippen LogP contribution in [0, 0.1) is 0 Å². The zero-order chi connectivity index (χ0) is 20.9. The highest BCUT2D eigenvalue weighted by Gasteiger charge is 2.13. The van der Waals surface area contributed by atoms with E-state index in [0.717, 1.165) is 49.7 Å². The quantitative estimate of drug-likeness (QED) is 0.420. The molecule has 1 unspecified atom stereocenters. The third kappa shape index (κ3) is 7.46. The van der Waals surface area contributed by atoms with Gasteiger partial charge in [0.1, 0.15) is 5.75 Å². The van der Waals surface area contributed by atoms with E-state index in [4.69, 9.17) is 14.2 Å². The van der Waals surface area contributed by atoms with Gasteiger partial charge in [0, 0.05) is 31.3 Å². The number of guanidine groups is 1. The second-order valence-electron chi connectivity index (χ2n) is 6.66. The Hall–Kier alpha value is -2.15. The van der Waals surface area contributed by atoms with Crippen molar-refractivity contribution in [3.63, 3.8) is 0 Å². The lowest BCUT2D eigenvalue weighted by Gasteiger charge is -2.21. The van der Waals surface area contributed by atoms with Crippen LogP contribution < -0.4 is 24.8 Å². The molecule has 7 nitrogen and oxygen atoms in total. The molecule has 7 heteroatoms. The van der Waals surface area contributed by atoms with Crippen LogP contribution in [-0.4, -0.2) is 64.9 Å². The second-order valence-corrected chi connectivity index (χ2v) is 6.66. The summed E-state index contributed by atoms with van der Waals surface area (Å²) in [5.41, 5.74) is 0.970. The van der Waals surface area contributed by atoms with Gasteiger partial charge in [-0.05, 0) is 45.5 Å². The molecule has 1 aromatic carbocycles. The van der Waals surface area contributed by atoms with Gasteiger partial charge < -0.3 is 29.7 Å². The zero-order valence-electron chi connectivity index (χ0n) is 18.6. The minimum Gasteiger partial charge on any atom is -0.496 e. The first-order valence-corrected chi connectivity index (χ1v) is 10.0. The molecule has 160 valence electrons. The Morgan fingerprint density at radius 3 is 2.18 bits per heavy atom. The molecule has 0 aliphatic heterocycles. The lowest BCUT2D eigenvalue weighted by atomic mass is 10.1. The summed E-state index contributed by atoms with van der Waals surface area (Å²) in [7, 11) is 6.67. The molecule has 1 rings (SSSR count). The fraction of sp³-hybridized carbons (Fsp3) is 0.667. The van der Waals surface area contributed by atoms with E-state index in [-0.39, 0.29) is 0 Å². The van der Waals surface area contributed by atoms with Crippen molar-refractivity contribution in [1.29, 1.82) is 0 Å². The SMILES string of the molecule is CCN(CC)CCCC(C)NC(=NC)NCc1cc(OC)c(OC)cc1OC. The standard InChI is InChI=1S/C21H38N4O3/c1-8-25(9-2)12-10-11-16(3)24-21(22-4)23-15-17-13-19(27-6)20(28-7)14-18(17)26-5/h13-14,16H,8-12,15H2,1-7H3,(H2,22,23,24). The van der Waals surface area contributed by atoms with Crippen molar-refractivity contribution in [2.45, 2.75) is 46.2 Å². The molecular weight excluding hydrogens is 356 g/mol. The fourth-order valence-electron chi connectivity index (χ4n) is 3.07. The molecule has 1 aromatic rings. The number of rotatable bonds is 12. The number of nitrogens with one attached hydrogen (secondary N) is 2. The monoisotopic (exact) mass is 394 g/mol. The van der Waals surface area contributed by atoms with Crippen LogP contribution in [-0.2, 0) is 6.54 Å². The largest absolute Gasteiger partial charge is 0.496 e. The Morgan fingerprint density at radius 2 is 1.64 bits per heavy atom. The number of nitrogens with zero attached hydrogens (tertiary/aromatic N) is 2. The Kier molecular flexibility index (Phi) is 11.2. The average molecular weight is 395 g/mol. The van der Waals surface area contributed by atoms with Gasteiger partial charge in [-0.2, -0.15) is 0 Å². The smallest absolute Gasteiger partial charge is 0.191 e. The minimum absolute atomic E-state index is 0.342. The molecule has 0 spiro atoms. The molecule has 0 aromatic heterocycles. The van der Waals surface area contributed by atoms with Crippen LogP contribution in [0.25, 0.3) is 0 Å². The first kappa shape index (κ1) is 23.9. The number of ether oxygens (including phenoxy) is 3. The van der Waals surface area contributed by atoms with Crippen LogP contribution in [0.1, 0.15) is 39.2 Å². The maximum atomic E-state index is 5.49. The predicted molar refractivity (Wildman–Crippen MR) is 116 cm³/mol. The number of methoxy groups -OCH3 is 3. The van der Waals surface area contributed by atoms with Gasteiger partial charge in [-0.25, -0.2) is 0 Å². The number of hydrogen-bond donors (Lipinski definition) is 2. The van der Waals surface area contributed by atoms with E-state index in [2.05, 4.69) is 41.3 Å². The van der Waals surface area contributed by atoms with Crippen molar-refractivity contribution < 1.29 is 14.2 Å². The molecule has 0 saturated heterocycles. The van der Waals surface area contributed by atoms with Gasteiger partial charge in [0.25, 0.3) is 0 Å². The van der Waals surface area contributed by atoms with Crippen molar-refractivity contribution in [3.8, 4) is 17.2 Å². The summed E-state index contributed by atoms with van der Waals surface area (Å²) in [6.07, 6.45) is 2.26. The molecular formula is C21H38N4O3. The fourth-order valence-corrected chi connectivity index (χ4v) is 3.07. The summed E-state index contributed by atoms with van der Waals surface area (Å²) >= 11 is 0. The summed E-state index contributed by atoms with van der Waals surface area (Å²) in [6.45, 7) is 10.5. The molecule has 0 amide bonds. The highest BCUT2D eigenvalue weighted by Crippen LogP contribution is 2.34. The number of aliphatic imine (C=N–C) groups is 1. The summed E-state index contributed by atoms with van der Waals surface area (Å²) in [5, 5.41) is 6.81. The molecule has 0 fully saturated rings. The summed E-state index contributed by atoms with van der Waals surface area (Å²) < 4.78 is 16.2. The van der Waals surface area contributed by atoms with Gasteiger partial charge in [-0.3, -0.25) is 4.99 Å². The van der Waals surface area contributed by atoms with Crippen LogP contribution in [0.3, 0.4) is 0 Å². The minimum atomic E-state index is 0.342. The zero-order valence-corrected chi connectivity index (χ0v) is 18.6. The first-order valence-electron chi connectivity index (χ1n) is 10.0. The van der Waals surface area contributed by atoms with Gasteiger partial charge in [-0.1, -0.05) is 13.8 Å². The van der Waals surface area contributed by atoms with Crippen molar-refractivity contribution >= 4 is 5.96 Å². The third-order valence-electron chi connectivity index (χ3n) is 4.85. The van der Waals surface area contributed by atoms with Crippen LogP contribution in [0.2, 0.25) is 0 Å². The van der Waals surface area contributed by atoms with Crippen LogP contribution >= 0.6 is 0 Å². The maximum absolute atomic E-state index is 5.49. The average Bonchev–Trinajstić information content (AvgIpc) is 2.73. The van der Waals surface area contributed by atoms with Crippen molar-refractivity contribution in [2.75, 3.05) is 48.0 Å². The topological polar surface area (TPSA) is 67.4 Å². The van der Waals surface area contributed by atoms with Crippen LogP contribution in [0.15, 0.2) is 17.1 Å². The Balaban J connectivity index is 2.62. The van der Waals surface area contributed by atoms with Gasteiger partial charge in [-0.15, -0.1) is 0 Å². The lowest BCUT2D eigenvalue weighted by Crippen LogP contribution is -2.42. The summed E-state index contributed by atoms with van der Waals surface area (Å²) in [6, 6.07) is 4.10. The molecule has 1 atom stereocenters. The van der Waals surface area contributed by atoms with Crippen molar-refractivity contribution in [2.24, 2.45) is 4.99 Å². The summed E-state index contributed by atoms with van der Waals surface area (Å²) in [4.78, 5) is 6.79. The van der Waals surface area contributed by atoms with E-state index < -0.39 is 0 Å². The summed E-state index contributed by atoms with van der Waals surface area (Å²) in [5.74, 6) is 2.83. The normalized spacial score (nSPS) is 12.6. The molecule has 28 heavy (non-hydrogen) atoms. The predicted octanol–water partition coefficient (Wildman–Crippen LogP) is 2.89. The van der Waals surface area contributed by atoms with Gasteiger partial charge in [0.2, 0.25) is 0 Å². The molecule has 0 bridgehead atoms. The van der Waals surface area contributed by atoms with Gasteiger partial charge in [0.15, 0.2) is 17.5 Å². The van der Waals surface area contributed by atoms with Gasteiger partial charge in [0.05, 0.1) is 21.3 Å². The van der Waals surface area contributed by atoms with Crippen LogP contribution in [0.5, 0.6) is 17.2 Å². The Morgan fingerprint density at radius 1 is 1.04 bits per heavy atom. The van der Waals surface area contributed by atoms with E-state index in [1.165, 1.54) is 0 Å². The number of hydrogen-bond acceptors (Lipinski definition) is 5. The highest BCUT2D eigenvalue weighted by atomic mass is 16.5.